The first kappa shape index (κ1) is 14.2. The Morgan fingerprint density at radius 3 is 2.59 bits per heavy atom. The quantitative estimate of drug-likeness (QED) is 0.458. The van der Waals surface area contributed by atoms with Crippen molar-refractivity contribution in [1.82, 2.24) is 9.55 Å². The Kier molecular flexibility index (Phi) is 3.56. The third kappa shape index (κ3) is 2.53. The van der Waals surface area contributed by atoms with E-state index >= 15 is 0 Å². The number of aromatic nitrogens is 2. The second-order valence-electron chi connectivity index (χ2n) is 4.79. The van der Waals surface area contributed by atoms with Crippen LogP contribution in [0.4, 0.5) is 5.69 Å². The van der Waals surface area contributed by atoms with E-state index in [2.05, 4.69) is 4.98 Å². The summed E-state index contributed by atoms with van der Waals surface area (Å²) in [6.45, 7) is 0.425. The molecule has 1 N–H and O–H groups in total. The van der Waals surface area contributed by atoms with Gasteiger partial charge in [-0.05, 0) is 23.8 Å². The zero-order valence-electron chi connectivity index (χ0n) is 11.4. The van der Waals surface area contributed by atoms with Gasteiger partial charge >= 0.3 is 0 Å². The molecular formula is C15H11N3O3S. The van der Waals surface area contributed by atoms with E-state index in [-0.39, 0.29) is 16.0 Å². The molecule has 0 radical (unpaired) electrons. The fourth-order valence-electron chi connectivity index (χ4n) is 2.31. The molecule has 0 atom stereocenters. The molecule has 1 heterocycles. The summed E-state index contributed by atoms with van der Waals surface area (Å²) in [5.41, 5.74) is 1.01. The number of fused-ring (bicyclic) bond motifs is 1. The van der Waals surface area contributed by atoms with Crippen LogP contribution in [0.2, 0.25) is 0 Å². The minimum atomic E-state index is -0.490. The van der Waals surface area contributed by atoms with Gasteiger partial charge in [-0.15, -0.1) is 0 Å². The number of hydrogen-bond acceptors (Lipinski definition) is 4. The average molecular weight is 313 g/mol. The molecule has 7 heteroatoms. The molecule has 0 spiro atoms. The normalized spacial score (nSPS) is 10.7. The molecule has 110 valence electrons. The van der Waals surface area contributed by atoms with E-state index in [1.54, 1.807) is 4.57 Å². The van der Waals surface area contributed by atoms with Gasteiger partial charge in [0.05, 0.1) is 22.4 Å². The lowest BCUT2D eigenvalue weighted by molar-refractivity contribution is -0.384. The van der Waals surface area contributed by atoms with Gasteiger partial charge in [0.2, 0.25) is 0 Å². The monoisotopic (exact) mass is 313 g/mol. The lowest BCUT2D eigenvalue weighted by atomic mass is 10.2. The molecule has 1 aromatic heterocycles. The van der Waals surface area contributed by atoms with Crippen molar-refractivity contribution in [2.24, 2.45) is 0 Å². The third-order valence-electron chi connectivity index (χ3n) is 3.38. The largest absolute Gasteiger partial charge is 0.313 e. The van der Waals surface area contributed by atoms with Crippen molar-refractivity contribution in [3.8, 4) is 0 Å². The minimum absolute atomic E-state index is 0.0747. The van der Waals surface area contributed by atoms with Crippen molar-refractivity contribution in [2.45, 2.75) is 6.54 Å². The predicted molar refractivity (Wildman–Crippen MR) is 85.6 cm³/mol. The third-order valence-corrected chi connectivity index (χ3v) is 3.70. The maximum Gasteiger partial charge on any atom is 0.271 e. The Morgan fingerprint density at radius 1 is 1.18 bits per heavy atom. The van der Waals surface area contributed by atoms with Gasteiger partial charge in [-0.3, -0.25) is 19.9 Å². The smallest absolute Gasteiger partial charge is 0.271 e. The maximum absolute atomic E-state index is 12.0. The van der Waals surface area contributed by atoms with Gasteiger partial charge < -0.3 is 4.57 Å². The molecule has 0 aliphatic rings. The van der Waals surface area contributed by atoms with Gasteiger partial charge in [-0.25, -0.2) is 0 Å². The minimum Gasteiger partial charge on any atom is -0.313 e. The highest BCUT2D eigenvalue weighted by molar-refractivity contribution is 7.71. The molecular weight excluding hydrogens is 302 g/mol. The molecule has 0 unspecified atom stereocenters. The van der Waals surface area contributed by atoms with Crippen LogP contribution in [0, 0.1) is 14.9 Å². The molecule has 0 aliphatic heterocycles. The van der Waals surface area contributed by atoms with Gasteiger partial charge in [-0.2, -0.15) is 0 Å². The van der Waals surface area contributed by atoms with Crippen molar-refractivity contribution in [3.05, 3.63) is 79.3 Å². The number of H-pyrrole nitrogens is 1. The summed E-state index contributed by atoms with van der Waals surface area (Å²) in [5, 5.41) is 11.3. The average Bonchev–Trinajstić information content (AvgIpc) is 2.52. The summed E-state index contributed by atoms with van der Waals surface area (Å²) in [5.74, 6) is 0. The second kappa shape index (κ2) is 5.53. The Labute approximate surface area is 129 Å². The van der Waals surface area contributed by atoms with Gasteiger partial charge in [0.1, 0.15) is 0 Å². The van der Waals surface area contributed by atoms with Crippen molar-refractivity contribution < 1.29 is 4.92 Å². The number of nitro benzene ring substituents is 1. The van der Waals surface area contributed by atoms with Gasteiger partial charge in [0.15, 0.2) is 4.77 Å². The first-order chi connectivity index (χ1) is 10.6. The van der Waals surface area contributed by atoms with Crippen LogP contribution in [0.1, 0.15) is 5.56 Å². The maximum atomic E-state index is 12.0. The molecule has 0 saturated carbocycles. The molecule has 2 aromatic carbocycles. The van der Waals surface area contributed by atoms with Crippen molar-refractivity contribution >= 4 is 28.8 Å². The fraction of sp³-hybridized carbons (Fsp3) is 0.0667. The molecule has 6 nitrogen and oxygen atoms in total. The van der Waals surface area contributed by atoms with Crippen LogP contribution in [0.3, 0.4) is 0 Å². The van der Waals surface area contributed by atoms with Crippen molar-refractivity contribution in [3.63, 3.8) is 0 Å². The lowest BCUT2D eigenvalue weighted by Gasteiger charge is -2.11. The molecule has 3 aromatic rings. The molecule has 0 aliphatic carbocycles. The van der Waals surface area contributed by atoms with Crippen LogP contribution < -0.4 is 5.56 Å². The van der Waals surface area contributed by atoms with Gasteiger partial charge in [0.25, 0.3) is 11.2 Å². The Morgan fingerprint density at radius 2 is 1.91 bits per heavy atom. The van der Waals surface area contributed by atoms with E-state index in [1.165, 1.54) is 18.2 Å². The highest BCUT2D eigenvalue weighted by Gasteiger charge is 2.12. The van der Waals surface area contributed by atoms with Crippen LogP contribution in [-0.4, -0.2) is 14.5 Å². The van der Waals surface area contributed by atoms with Crippen LogP contribution in [-0.2, 0) is 6.54 Å². The summed E-state index contributed by atoms with van der Waals surface area (Å²) < 4.78 is 1.93. The summed E-state index contributed by atoms with van der Waals surface area (Å²) in [7, 11) is 0. The van der Waals surface area contributed by atoms with Crippen LogP contribution in [0.25, 0.3) is 10.9 Å². The van der Waals surface area contributed by atoms with Gasteiger partial charge in [0, 0.05) is 12.1 Å². The summed E-state index contributed by atoms with van der Waals surface area (Å²) in [6, 6.07) is 13.7. The number of nitrogens with zero attached hydrogens (tertiary/aromatic N) is 2. The van der Waals surface area contributed by atoms with Gasteiger partial charge in [-0.1, -0.05) is 30.3 Å². The molecule has 0 fully saturated rings. The first-order valence-corrected chi connectivity index (χ1v) is 6.92. The van der Waals surface area contributed by atoms with Crippen LogP contribution in [0.5, 0.6) is 0 Å². The summed E-state index contributed by atoms with van der Waals surface area (Å²) >= 11 is 5.21. The SMILES string of the molecule is O=c1[nH]c(=S)n(Cc2ccccc2)c2cc([N+](=O)[O-])ccc12. The Hall–Kier alpha value is -2.80. The molecule has 22 heavy (non-hydrogen) atoms. The van der Waals surface area contributed by atoms with E-state index in [4.69, 9.17) is 12.2 Å². The predicted octanol–water partition coefficient (Wildman–Crippen LogP) is 3.02. The molecule has 0 saturated heterocycles. The number of hydrogen-bond donors (Lipinski definition) is 1. The van der Waals surface area contributed by atoms with Crippen LogP contribution in [0.15, 0.2) is 53.3 Å². The zero-order valence-corrected chi connectivity index (χ0v) is 12.2. The highest BCUT2D eigenvalue weighted by atomic mass is 32.1. The highest BCUT2D eigenvalue weighted by Crippen LogP contribution is 2.19. The van der Waals surface area contributed by atoms with E-state index in [0.29, 0.717) is 17.4 Å². The number of aromatic amines is 1. The number of rotatable bonds is 3. The number of non-ortho nitro benzene ring substituents is 1. The topological polar surface area (TPSA) is 80.9 Å². The molecule has 3 rings (SSSR count). The number of nitro groups is 1. The fourth-order valence-corrected chi connectivity index (χ4v) is 2.57. The Bertz CT molecular complexity index is 977. The van der Waals surface area contributed by atoms with E-state index in [1.807, 2.05) is 30.3 Å². The zero-order chi connectivity index (χ0) is 15.7. The summed E-state index contributed by atoms with van der Waals surface area (Å²) in [4.78, 5) is 25.1. The summed E-state index contributed by atoms with van der Waals surface area (Å²) in [6.07, 6.45) is 0. The molecule has 0 bridgehead atoms. The molecule has 0 amide bonds. The van der Waals surface area contributed by atoms with Crippen molar-refractivity contribution in [2.75, 3.05) is 0 Å². The first-order valence-electron chi connectivity index (χ1n) is 6.51. The number of nitrogens with one attached hydrogen (secondary N) is 1. The van der Waals surface area contributed by atoms with Crippen LogP contribution >= 0.6 is 12.2 Å². The number of benzene rings is 2. The van der Waals surface area contributed by atoms with E-state index < -0.39 is 4.92 Å². The van der Waals surface area contributed by atoms with E-state index in [9.17, 15) is 14.9 Å². The second-order valence-corrected chi connectivity index (χ2v) is 5.18. The van der Waals surface area contributed by atoms with E-state index in [0.717, 1.165) is 5.56 Å². The van der Waals surface area contributed by atoms with Crippen molar-refractivity contribution in [1.29, 1.82) is 0 Å². The standard InChI is InChI=1S/C15H11N3O3S/c19-14-12-7-6-11(18(20)21)8-13(12)17(15(22)16-14)9-10-4-2-1-3-5-10/h1-8H,9H2,(H,16,19,22). The Balaban J connectivity index is 2.27. The lowest BCUT2D eigenvalue weighted by Crippen LogP contribution is -2.15.